The summed E-state index contributed by atoms with van der Waals surface area (Å²) in [4.78, 5) is 0. The van der Waals surface area contributed by atoms with Gasteiger partial charge < -0.3 is 5.11 Å². The molecule has 0 spiro atoms. The van der Waals surface area contributed by atoms with Gasteiger partial charge >= 0.3 is 0 Å². The standard InChI is InChI=1S/C12H13NO/c1-2-12(14)11(9-13)8-10-6-4-3-5-7-10/h3-8,12,14H,2H2,1H3/b11-8+. The van der Waals surface area contributed by atoms with Gasteiger partial charge in [-0.1, -0.05) is 37.3 Å². The molecule has 0 aromatic heterocycles. The van der Waals surface area contributed by atoms with Gasteiger partial charge in [-0.3, -0.25) is 0 Å². The number of rotatable bonds is 3. The van der Waals surface area contributed by atoms with Crippen molar-refractivity contribution in [3.05, 3.63) is 41.5 Å². The molecule has 2 heteroatoms. The summed E-state index contributed by atoms with van der Waals surface area (Å²) in [5.74, 6) is 0. The Hall–Kier alpha value is -1.59. The van der Waals surface area contributed by atoms with Crippen LogP contribution in [0.2, 0.25) is 0 Å². The van der Waals surface area contributed by atoms with Gasteiger partial charge in [-0.05, 0) is 18.1 Å². The minimum Gasteiger partial charge on any atom is -0.388 e. The predicted octanol–water partition coefficient (Wildman–Crippen LogP) is 2.36. The van der Waals surface area contributed by atoms with Crippen LogP contribution in [-0.4, -0.2) is 11.2 Å². The average Bonchev–Trinajstić information content (AvgIpc) is 2.26. The lowest BCUT2D eigenvalue weighted by atomic mass is 10.1. The van der Waals surface area contributed by atoms with Crippen molar-refractivity contribution in [1.29, 1.82) is 5.26 Å². The first kappa shape index (κ1) is 10.5. The first-order valence-electron chi connectivity index (χ1n) is 4.62. The second kappa shape index (κ2) is 5.21. The highest BCUT2D eigenvalue weighted by Crippen LogP contribution is 2.11. The van der Waals surface area contributed by atoms with Crippen LogP contribution in [0.5, 0.6) is 0 Å². The monoisotopic (exact) mass is 187 g/mol. The number of aliphatic hydroxyl groups is 1. The molecule has 0 amide bonds. The second-order valence-corrected chi connectivity index (χ2v) is 3.05. The van der Waals surface area contributed by atoms with Gasteiger partial charge in [-0.15, -0.1) is 0 Å². The van der Waals surface area contributed by atoms with Gasteiger partial charge in [0.05, 0.1) is 17.7 Å². The van der Waals surface area contributed by atoms with Crippen molar-refractivity contribution >= 4 is 6.08 Å². The molecule has 14 heavy (non-hydrogen) atoms. The molecule has 0 fully saturated rings. The van der Waals surface area contributed by atoms with E-state index in [4.69, 9.17) is 5.26 Å². The summed E-state index contributed by atoms with van der Waals surface area (Å²) >= 11 is 0. The van der Waals surface area contributed by atoms with Gasteiger partial charge in [0.2, 0.25) is 0 Å². The minimum absolute atomic E-state index is 0.415. The second-order valence-electron chi connectivity index (χ2n) is 3.05. The predicted molar refractivity (Wildman–Crippen MR) is 56.3 cm³/mol. The molecule has 1 atom stereocenters. The molecular formula is C12H13NO. The van der Waals surface area contributed by atoms with E-state index < -0.39 is 6.10 Å². The summed E-state index contributed by atoms with van der Waals surface area (Å²) in [6.07, 6.45) is 1.63. The Morgan fingerprint density at radius 3 is 2.64 bits per heavy atom. The maximum absolute atomic E-state index is 9.49. The smallest absolute Gasteiger partial charge is 0.0974 e. The van der Waals surface area contributed by atoms with Gasteiger partial charge in [-0.2, -0.15) is 5.26 Å². The lowest BCUT2D eigenvalue weighted by Crippen LogP contribution is -2.06. The molecule has 0 aliphatic carbocycles. The van der Waals surface area contributed by atoms with E-state index in [1.807, 2.05) is 43.3 Å². The molecule has 0 bridgehead atoms. The third kappa shape index (κ3) is 2.72. The summed E-state index contributed by atoms with van der Waals surface area (Å²) in [5, 5.41) is 18.3. The molecule has 72 valence electrons. The Labute approximate surface area is 84.1 Å². The summed E-state index contributed by atoms with van der Waals surface area (Å²) in [5.41, 5.74) is 1.36. The SMILES string of the molecule is CCC(O)/C(C#N)=C/c1ccccc1. The zero-order valence-electron chi connectivity index (χ0n) is 8.14. The molecule has 1 aromatic carbocycles. The van der Waals surface area contributed by atoms with Crippen molar-refractivity contribution in [2.45, 2.75) is 19.4 Å². The van der Waals surface area contributed by atoms with E-state index in [0.717, 1.165) is 5.56 Å². The molecule has 1 rings (SSSR count). The van der Waals surface area contributed by atoms with E-state index in [2.05, 4.69) is 0 Å². The van der Waals surface area contributed by atoms with Gasteiger partial charge in [0, 0.05) is 0 Å². The van der Waals surface area contributed by atoms with E-state index in [0.29, 0.717) is 12.0 Å². The largest absolute Gasteiger partial charge is 0.388 e. The Balaban J connectivity index is 2.91. The quantitative estimate of drug-likeness (QED) is 0.738. The third-order valence-corrected chi connectivity index (χ3v) is 2.00. The highest BCUT2D eigenvalue weighted by molar-refractivity contribution is 5.57. The van der Waals surface area contributed by atoms with Crippen LogP contribution in [-0.2, 0) is 0 Å². The molecule has 0 saturated heterocycles. The molecular weight excluding hydrogens is 174 g/mol. The molecule has 0 aliphatic rings. The van der Waals surface area contributed by atoms with E-state index in [9.17, 15) is 5.11 Å². The van der Waals surface area contributed by atoms with Crippen LogP contribution in [0.15, 0.2) is 35.9 Å². The average molecular weight is 187 g/mol. The molecule has 0 saturated carbocycles. The maximum Gasteiger partial charge on any atom is 0.0974 e. The number of hydrogen-bond acceptors (Lipinski definition) is 2. The molecule has 0 radical (unpaired) electrons. The molecule has 1 N–H and O–H groups in total. The maximum atomic E-state index is 9.49. The Bertz CT molecular complexity index is 348. The van der Waals surface area contributed by atoms with E-state index in [1.165, 1.54) is 0 Å². The van der Waals surface area contributed by atoms with E-state index in [-0.39, 0.29) is 0 Å². The van der Waals surface area contributed by atoms with Crippen molar-refractivity contribution < 1.29 is 5.11 Å². The normalized spacial score (nSPS) is 13.4. The fraction of sp³-hybridized carbons (Fsp3) is 0.250. The topological polar surface area (TPSA) is 44.0 Å². The number of benzene rings is 1. The number of hydrogen-bond donors (Lipinski definition) is 1. The van der Waals surface area contributed by atoms with Crippen molar-refractivity contribution in [3.8, 4) is 6.07 Å². The molecule has 1 aromatic rings. The summed E-state index contributed by atoms with van der Waals surface area (Å²) < 4.78 is 0. The van der Waals surface area contributed by atoms with Gasteiger partial charge in [0.25, 0.3) is 0 Å². The summed E-state index contributed by atoms with van der Waals surface area (Å²) in [6.45, 7) is 1.85. The first-order chi connectivity index (χ1) is 6.77. The first-order valence-corrected chi connectivity index (χ1v) is 4.62. The van der Waals surface area contributed by atoms with Crippen molar-refractivity contribution in [1.82, 2.24) is 0 Å². The van der Waals surface area contributed by atoms with E-state index >= 15 is 0 Å². The van der Waals surface area contributed by atoms with Crippen LogP contribution < -0.4 is 0 Å². The Morgan fingerprint density at radius 2 is 2.14 bits per heavy atom. The number of nitrogens with zero attached hydrogens (tertiary/aromatic N) is 1. The third-order valence-electron chi connectivity index (χ3n) is 2.00. The molecule has 2 nitrogen and oxygen atoms in total. The van der Waals surface area contributed by atoms with Gasteiger partial charge in [-0.25, -0.2) is 0 Å². The molecule has 0 aliphatic heterocycles. The molecule has 0 heterocycles. The fourth-order valence-electron chi connectivity index (χ4n) is 1.15. The van der Waals surface area contributed by atoms with Crippen LogP contribution >= 0.6 is 0 Å². The number of nitriles is 1. The molecule has 1 unspecified atom stereocenters. The highest BCUT2D eigenvalue weighted by atomic mass is 16.3. The van der Waals surface area contributed by atoms with Crippen molar-refractivity contribution in [2.75, 3.05) is 0 Å². The zero-order chi connectivity index (χ0) is 10.4. The van der Waals surface area contributed by atoms with Crippen molar-refractivity contribution in [2.24, 2.45) is 0 Å². The van der Waals surface area contributed by atoms with Crippen LogP contribution in [0.3, 0.4) is 0 Å². The minimum atomic E-state index is -0.653. The highest BCUT2D eigenvalue weighted by Gasteiger charge is 2.06. The fourth-order valence-corrected chi connectivity index (χ4v) is 1.15. The van der Waals surface area contributed by atoms with Gasteiger partial charge in [0.1, 0.15) is 0 Å². The summed E-state index contributed by atoms with van der Waals surface area (Å²) in [6, 6.07) is 11.5. The number of aliphatic hydroxyl groups excluding tert-OH is 1. The van der Waals surface area contributed by atoms with Crippen LogP contribution in [0.4, 0.5) is 0 Å². The lowest BCUT2D eigenvalue weighted by molar-refractivity contribution is 0.212. The van der Waals surface area contributed by atoms with Gasteiger partial charge in [0.15, 0.2) is 0 Å². The van der Waals surface area contributed by atoms with E-state index in [1.54, 1.807) is 6.08 Å². The zero-order valence-corrected chi connectivity index (χ0v) is 8.14. The van der Waals surface area contributed by atoms with Crippen LogP contribution in [0.1, 0.15) is 18.9 Å². The lowest BCUT2D eigenvalue weighted by Gasteiger charge is -2.04. The van der Waals surface area contributed by atoms with Crippen LogP contribution in [0, 0.1) is 11.3 Å². The van der Waals surface area contributed by atoms with Crippen molar-refractivity contribution in [3.63, 3.8) is 0 Å². The Kier molecular flexibility index (Phi) is 3.90. The Morgan fingerprint density at radius 1 is 1.50 bits per heavy atom. The van der Waals surface area contributed by atoms with Crippen LogP contribution in [0.25, 0.3) is 6.08 Å². The summed E-state index contributed by atoms with van der Waals surface area (Å²) in [7, 11) is 0.